The van der Waals surface area contributed by atoms with E-state index >= 15 is 0 Å². The summed E-state index contributed by atoms with van der Waals surface area (Å²) in [6.07, 6.45) is 3.71. The van der Waals surface area contributed by atoms with Crippen molar-refractivity contribution >= 4 is 12.0 Å². The maximum absolute atomic E-state index is 12.4. The van der Waals surface area contributed by atoms with Crippen LogP contribution in [-0.2, 0) is 9.53 Å². The number of piperidine rings is 1. The predicted octanol–water partition coefficient (Wildman–Crippen LogP) is 1.84. The van der Waals surface area contributed by atoms with E-state index in [-0.39, 0.29) is 6.03 Å². The van der Waals surface area contributed by atoms with Crippen LogP contribution < -0.4 is 5.32 Å². The van der Waals surface area contributed by atoms with E-state index in [4.69, 9.17) is 4.74 Å². The molecule has 120 valence electrons. The van der Waals surface area contributed by atoms with Crippen LogP contribution in [0.5, 0.6) is 0 Å². The van der Waals surface area contributed by atoms with E-state index < -0.39 is 11.5 Å². The fraction of sp³-hybridized carbons (Fsp3) is 0.867. The van der Waals surface area contributed by atoms with Gasteiger partial charge in [0.2, 0.25) is 0 Å². The van der Waals surface area contributed by atoms with Crippen LogP contribution in [0.2, 0.25) is 0 Å². The number of hydrogen-bond donors (Lipinski definition) is 2. The first kappa shape index (κ1) is 16.1. The molecule has 0 aromatic rings. The van der Waals surface area contributed by atoms with Gasteiger partial charge < -0.3 is 20.1 Å². The van der Waals surface area contributed by atoms with Crippen molar-refractivity contribution in [3.05, 3.63) is 0 Å². The second kappa shape index (κ2) is 6.22. The largest absolute Gasteiger partial charge is 0.480 e. The number of ether oxygens (including phenoxy) is 1. The summed E-state index contributed by atoms with van der Waals surface area (Å²) in [6, 6.07) is -0.252. The molecule has 0 aromatic heterocycles. The molecule has 2 rings (SSSR count). The molecule has 0 aromatic carbocycles. The number of amides is 2. The number of carbonyl (C=O) groups is 2. The van der Waals surface area contributed by atoms with Gasteiger partial charge in [0.15, 0.2) is 0 Å². The van der Waals surface area contributed by atoms with Crippen LogP contribution in [0, 0.1) is 5.41 Å². The summed E-state index contributed by atoms with van der Waals surface area (Å²) in [7, 11) is 0. The topological polar surface area (TPSA) is 78.9 Å². The molecule has 2 N–H and O–H groups in total. The average molecular weight is 298 g/mol. The van der Waals surface area contributed by atoms with E-state index in [9.17, 15) is 14.7 Å². The van der Waals surface area contributed by atoms with Gasteiger partial charge in [0, 0.05) is 39.1 Å². The Morgan fingerprint density at radius 3 is 2.24 bits per heavy atom. The fourth-order valence-electron chi connectivity index (χ4n) is 3.00. The van der Waals surface area contributed by atoms with E-state index in [2.05, 4.69) is 19.2 Å². The third-order valence-corrected chi connectivity index (χ3v) is 5.21. The van der Waals surface area contributed by atoms with Crippen LogP contribution in [0.3, 0.4) is 0 Å². The first-order chi connectivity index (χ1) is 9.91. The average Bonchev–Trinajstić information content (AvgIpc) is 2.48. The van der Waals surface area contributed by atoms with E-state index in [1.54, 1.807) is 4.90 Å². The lowest BCUT2D eigenvalue weighted by Gasteiger charge is -2.41. The number of aliphatic carboxylic acids is 1. The van der Waals surface area contributed by atoms with E-state index in [0.717, 1.165) is 19.3 Å². The summed E-state index contributed by atoms with van der Waals surface area (Å²) in [5.74, 6) is -0.963. The lowest BCUT2D eigenvalue weighted by atomic mass is 9.78. The van der Waals surface area contributed by atoms with Gasteiger partial charge in [-0.3, -0.25) is 0 Å². The number of carboxylic acid groups (broad SMARTS) is 1. The van der Waals surface area contributed by atoms with Crippen molar-refractivity contribution in [2.75, 3.05) is 26.3 Å². The number of likely N-dealkylation sites (tertiary alicyclic amines) is 1. The van der Waals surface area contributed by atoms with Crippen molar-refractivity contribution in [1.29, 1.82) is 0 Å². The zero-order valence-corrected chi connectivity index (χ0v) is 13.0. The van der Waals surface area contributed by atoms with Gasteiger partial charge in [0.25, 0.3) is 0 Å². The number of hydrogen-bond acceptors (Lipinski definition) is 3. The van der Waals surface area contributed by atoms with E-state index in [1.165, 1.54) is 0 Å². The maximum atomic E-state index is 12.4. The summed E-state index contributed by atoms with van der Waals surface area (Å²) in [4.78, 5) is 25.7. The molecular formula is C15H26N2O4. The van der Waals surface area contributed by atoms with Crippen LogP contribution >= 0.6 is 0 Å². The second-order valence-electron chi connectivity index (χ2n) is 6.58. The predicted molar refractivity (Wildman–Crippen MR) is 78.2 cm³/mol. The highest BCUT2D eigenvalue weighted by Gasteiger charge is 2.43. The van der Waals surface area contributed by atoms with E-state index in [1.807, 2.05) is 0 Å². The number of rotatable bonds is 3. The molecule has 0 spiro atoms. The van der Waals surface area contributed by atoms with Crippen LogP contribution in [0.25, 0.3) is 0 Å². The number of carboxylic acids is 1. The normalized spacial score (nSPS) is 24.4. The standard InChI is InChI=1S/C15H26N2O4/c1-3-14(2)4-8-17(9-5-14)13(20)16-15(12(18)19)6-10-21-11-7-15/h3-11H2,1-2H3,(H,16,20)(H,18,19). The molecule has 6 heteroatoms. The summed E-state index contributed by atoms with van der Waals surface area (Å²) >= 11 is 0. The number of urea groups is 1. The highest BCUT2D eigenvalue weighted by atomic mass is 16.5. The zero-order valence-electron chi connectivity index (χ0n) is 13.0. The summed E-state index contributed by atoms with van der Waals surface area (Å²) in [5, 5.41) is 12.2. The molecule has 6 nitrogen and oxygen atoms in total. The van der Waals surface area contributed by atoms with Gasteiger partial charge in [-0.15, -0.1) is 0 Å². The Bertz CT molecular complexity index is 396. The van der Waals surface area contributed by atoms with Crippen LogP contribution in [0.4, 0.5) is 4.79 Å². The molecule has 2 aliphatic heterocycles. The number of nitrogens with one attached hydrogen (secondary N) is 1. The minimum atomic E-state index is -1.17. The first-order valence-corrected chi connectivity index (χ1v) is 7.79. The first-order valence-electron chi connectivity index (χ1n) is 7.79. The Balaban J connectivity index is 1.96. The molecule has 0 aliphatic carbocycles. The molecule has 0 atom stereocenters. The molecule has 2 aliphatic rings. The highest BCUT2D eigenvalue weighted by Crippen LogP contribution is 2.34. The van der Waals surface area contributed by atoms with Gasteiger partial charge in [-0.2, -0.15) is 0 Å². The number of nitrogens with zero attached hydrogens (tertiary/aromatic N) is 1. The SMILES string of the molecule is CCC1(C)CCN(C(=O)NC2(C(=O)O)CCOCC2)CC1. The molecule has 2 amide bonds. The van der Waals surface area contributed by atoms with Crippen molar-refractivity contribution in [3.63, 3.8) is 0 Å². The van der Waals surface area contributed by atoms with Gasteiger partial charge in [-0.1, -0.05) is 20.3 Å². The monoisotopic (exact) mass is 298 g/mol. The molecule has 21 heavy (non-hydrogen) atoms. The van der Waals surface area contributed by atoms with Crippen molar-refractivity contribution in [1.82, 2.24) is 10.2 Å². The Labute approximate surface area is 125 Å². The van der Waals surface area contributed by atoms with Crippen LogP contribution in [0.1, 0.15) is 46.0 Å². The molecule has 2 saturated heterocycles. The molecule has 0 unspecified atom stereocenters. The summed E-state index contributed by atoms with van der Waals surface area (Å²) in [6.45, 7) is 6.57. The number of carbonyl (C=O) groups excluding carboxylic acids is 1. The molecule has 2 fully saturated rings. The van der Waals surface area contributed by atoms with Gasteiger partial charge in [-0.25, -0.2) is 9.59 Å². The molecule has 0 bridgehead atoms. The Hall–Kier alpha value is -1.30. The van der Waals surface area contributed by atoms with Gasteiger partial charge >= 0.3 is 12.0 Å². The minimum absolute atomic E-state index is 0.252. The molecule has 0 saturated carbocycles. The van der Waals surface area contributed by atoms with Gasteiger partial charge in [0.05, 0.1) is 0 Å². The summed E-state index contributed by atoms with van der Waals surface area (Å²) < 4.78 is 5.22. The molecule has 0 radical (unpaired) electrons. The van der Waals surface area contributed by atoms with Crippen LogP contribution in [0.15, 0.2) is 0 Å². The lowest BCUT2D eigenvalue weighted by Crippen LogP contribution is -2.61. The third kappa shape index (κ3) is 3.48. The zero-order chi connectivity index (χ0) is 15.5. The highest BCUT2D eigenvalue weighted by molar-refractivity contribution is 5.86. The quantitative estimate of drug-likeness (QED) is 0.833. The summed E-state index contributed by atoms with van der Waals surface area (Å²) in [5.41, 5.74) is -0.860. The van der Waals surface area contributed by atoms with Crippen molar-refractivity contribution in [2.45, 2.75) is 51.5 Å². The van der Waals surface area contributed by atoms with Crippen molar-refractivity contribution in [2.24, 2.45) is 5.41 Å². The third-order valence-electron chi connectivity index (χ3n) is 5.21. The fourth-order valence-corrected chi connectivity index (χ4v) is 3.00. The van der Waals surface area contributed by atoms with Crippen molar-refractivity contribution < 1.29 is 19.4 Å². The van der Waals surface area contributed by atoms with E-state index in [0.29, 0.717) is 44.6 Å². The lowest BCUT2D eigenvalue weighted by molar-refractivity contribution is -0.148. The molecule has 2 heterocycles. The maximum Gasteiger partial charge on any atom is 0.329 e. The van der Waals surface area contributed by atoms with Crippen molar-refractivity contribution in [3.8, 4) is 0 Å². The second-order valence-corrected chi connectivity index (χ2v) is 6.58. The smallest absolute Gasteiger partial charge is 0.329 e. The minimum Gasteiger partial charge on any atom is -0.480 e. The van der Waals surface area contributed by atoms with Gasteiger partial charge in [0.1, 0.15) is 5.54 Å². The Kier molecular flexibility index (Phi) is 4.76. The Morgan fingerprint density at radius 2 is 1.76 bits per heavy atom. The van der Waals surface area contributed by atoms with Gasteiger partial charge in [-0.05, 0) is 18.3 Å². The van der Waals surface area contributed by atoms with Crippen LogP contribution in [-0.4, -0.2) is 53.8 Å². The molecular weight excluding hydrogens is 272 g/mol. The Morgan fingerprint density at radius 1 is 1.19 bits per heavy atom.